The summed E-state index contributed by atoms with van der Waals surface area (Å²) < 4.78 is 0. The Hall–Kier alpha value is -1.09. The van der Waals surface area contributed by atoms with Crippen molar-refractivity contribution in [2.24, 2.45) is 0 Å². The largest absolute Gasteiger partial charge is 0.357 e. The second kappa shape index (κ2) is 4.42. The van der Waals surface area contributed by atoms with Gasteiger partial charge in [0.15, 0.2) is 0 Å². The molecule has 0 radical (unpaired) electrons. The van der Waals surface area contributed by atoms with E-state index < -0.39 is 0 Å². The van der Waals surface area contributed by atoms with Crippen molar-refractivity contribution in [3.8, 4) is 0 Å². The van der Waals surface area contributed by atoms with E-state index in [0.29, 0.717) is 6.04 Å². The molecule has 1 saturated heterocycles. The van der Waals surface area contributed by atoms with Crippen LogP contribution in [-0.4, -0.2) is 31.2 Å². The van der Waals surface area contributed by atoms with E-state index in [2.05, 4.69) is 21.3 Å². The van der Waals surface area contributed by atoms with Crippen molar-refractivity contribution >= 4 is 5.82 Å². The number of hydrogen-bond acceptors (Lipinski definition) is 3. The number of rotatable bonds is 2. The van der Waals surface area contributed by atoms with Crippen LogP contribution in [0, 0.1) is 0 Å². The van der Waals surface area contributed by atoms with E-state index in [1.807, 2.05) is 25.4 Å². The van der Waals surface area contributed by atoms with Crippen molar-refractivity contribution in [3.63, 3.8) is 0 Å². The van der Waals surface area contributed by atoms with Gasteiger partial charge in [-0.3, -0.25) is 0 Å². The second-order valence-electron chi connectivity index (χ2n) is 3.74. The standard InChI is InChI=1S/C11H17N3/c1-12-10-5-8-14(9-6-10)11-4-2-3-7-13-11/h2-4,7,10,12H,5-6,8-9H2,1H3. The van der Waals surface area contributed by atoms with E-state index in [0.717, 1.165) is 18.9 Å². The van der Waals surface area contributed by atoms with E-state index in [-0.39, 0.29) is 0 Å². The minimum absolute atomic E-state index is 0.690. The van der Waals surface area contributed by atoms with E-state index in [9.17, 15) is 0 Å². The molecule has 0 saturated carbocycles. The zero-order valence-electron chi connectivity index (χ0n) is 8.61. The minimum atomic E-state index is 0.690. The van der Waals surface area contributed by atoms with Crippen molar-refractivity contribution in [3.05, 3.63) is 24.4 Å². The van der Waals surface area contributed by atoms with Gasteiger partial charge in [0.1, 0.15) is 5.82 Å². The highest BCUT2D eigenvalue weighted by Crippen LogP contribution is 2.16. The second-order valence-corrected chi connectivity index (χ2v) is 3.74. The molecule has 3 heteroatoms. The van der Waals surface area contributed by atoms with Gasteiger partial charge in [0, 0.05) is 25.3 Å². The molecule has 0 aliphatic carbocycles. The monoisotopic (exact) mass is 191 g/mol. The molecule has 1 N–H and O–H groups in total. The predicted octanol–water partition coefficient (Wildman–Crippen LogP) is 1.27. The van der Waals surface area contributed by atoms with Crippen LogP contribution in [0.4, 0.5) is 5.82 Å². The molecule has 0 atom stereocenters. The summed E-state index contributed by atoms with van der Waals surface area (Å²) in [6, 6.07) is 6.78. The molecular weight excluding hydrogens is 174 g/mol. The third kappa shape index (κ3) is 2.04. The molecule has 1 aliphatic heterocycles. The molecule has 2 rings (SSSR count). The molecule has 0 aromatic carbocycles. The van der Waals surface area contributed by atoms with Crippen LogP contribution in [-0.2, 0) is 0 Å². The molecule has 0 unspecified atom stereocenters. The zero-order valence-corrected chi connectivity index (χ0v) is 8.61. The molecule has 14 heavy (non-hydrogen) atoms. The highest BCUT2D eigenvalue weighted by Gasteiger charge is 2.17. The molecule has 0 spiro atoms. The fourth-order valence-corrected chi connectivity index (χ4v) is 1.94. The van der Waals surface area contributed by atoms with Crippen LogP contribution >= 0.6 is 0 Å². The van der Waals surface area contributed by atoms with Crippen LogP contribution in [0.3, 0.4) is 0 Å². The van der Waals surface area contributed by atoms with Gasteiger partial charge in [0.05, 0.1) is 0 Å². The van der Waals surface area contributed by atoms with Gasteiger partial charge in [-0.15, -0.1) is 0 Å². The Labute approximate surface area is 85.1 Å². The molecule has 1 fully saturated rings. The average Bonchev–Trinajstić information content (AvgIpc) is 2.30. The van der Waals surface area contributed by atoms with Crippen molar-refractivity contribution < 1.29 is 0 Å². The van der Waals surface area contributed by atoms with Gasteiger partial charge < -0.3 is 10.2 Å². The summed E-state index contributed by atoms with van der Waals surface area (Å²) >= 11 is 0. The number of piperidine rings is 1. The van der Waals surface area contributed by atoms with Crippen molar-refractivity contribution in [2.75, 3.05) is 25.0 Å². The first kappa shape index (κ1) is 9.46. The summed E-state index contributed by atoms with van der Waals surface area (Å²) in [6.45, 7) is 2.23. The van der Waals surface area contributed by atoms with Crippen molar-refractivity contribution in [1.29, 1.82) is 0 Å². The molecule has 2 heterocycles. The molecular formula is C11H17N3. The van der Waals surface area contributed by atoms with E-state index >= 15 is 0 Å². The predicted molar refractivity (Wildman–Crippen MR) is 58.5 cm³/mol. The fourth-order valence-electron chi connectivity index (χ4n) is 1.94. The topological polar surface area (TPSA) is 28.2 Å². The number of hydrogen-bond donors (Lipinski definition) is 1. The lowest BCUT2D eigenvalue weighted by atomic mass is 10.1. The third-order valence-corrected chi connectivity index (χ3v) is 2.88. The fraction of sp³-hybridized carbons (Fsp3) is 0.545. The highest BCUT2D eigenvalue weighted by molar-refractivity contribution is 5.38. The number of anilines is 1. The summed E-state index contributed by atoms with van der Waals surface area (Å²) in [5.41, 5.74) is 0. The number of nitrogens with one attached hydrogen (secondary N) is 1. The summed E-state index contributed by atoms with van der Waals surface area (Å²) in [5.74, 6) is 1.11. The van der Waals surface area contributed by atoms with Gasteiger partial charge in [-0.05, 0) is 32.0 Å². The Morgan fingerprint density at radius 1 is 1.36 bits per heavy atom. The molecule has 0 amide bonds. The van der Waals surface area contributed by atoms with Gasteiger partial charge in [-0.2, -0.15) is 0 Å². The normalized spacial score (nSPS) is 18.5. The number of aromatic nitrogens is 1. The van der Waals surface area contributed by atoms with Gasteiger partial charge in [-0.25, -0.2) is 4.98 Å². The minimum Gasteiger partial charge on any atom is -0.357 e. The van der Waals surface area contributed by atoms with E-state index in [1.54, 1.807) is 0 Å². The van der Waals surface area contributed by atoms with E-state index in [4.69, 9.17) is 0 Å². The molecule has 76 valence electrons. The molecule has 1 aromatic rings. The van der Waals surface area contributed by atoms with Crippen LogP contribution in [0.5, 0.6) is 0 Å². The zero-order chi connectivity index (χ0) is 9.80. The van der Waals surface area contributed by atoms with Gasteiger partial charge in [0.25, 0.3) is 0 Å². The van der Waals surface area contributed by atoms with E-state index in [1.165, 1.54) is 12.8 Å². The Kier molecular flexibility index (Phi) is 2.99. The molecule has 0 bridgehead atoms. The summed E-state index contributed by atoms with van der Waals surface area (Å²) in [5, 5.41) is 3.33. The van der Waals surface area contributed by atoms with Gasteiger partial charge in [0.2, 0.25) is 0 Å². The SMILES string of the molecule is CNC1CCN(c2ccccn2)CC1. The number of nitrogens with zero attached hydrogens (tertiary/aromatic N) is 2. The lowest BCUT2D eigenvalue weighted by Crippen LogP contribution is -2.41. The first-order valence-corrected chi connectivity index (χ1v) is 5.23. The Bertz CT molecular complexity index is 265. The maximum absolute atomic E-state index is 4.36. The van der Waals surface area contributed by atoms with Crippen molar-refractivity contribution in [1.82, 2.24) is 10.3 Å². The first-order valence-electron chi connectivity index (χ1n) is 5.23. The maximum atomic E-state index is 4.36. The quantitative estimate of drug-likeness (QED) is 0.763. The molecule has 1 aromatic heterocycles. The van der Waals surface area contributed by atoms with Gasteiger partial charge >= 0.3 is 0 Å². The highest BCUT2D eigenvalue weighted by atomic mass is 15.2. The van der Waals surface area contributed by atoms with Crippen LogP contribution in [0.15, 0.2) is 24.4 Å². The third-order valence-electron chi connectivity index (χ3n) is 2.88. The Balaban J connectivity index is 1.96. The average molecular weight is 191 g/mol. The van der Waals surface area contributed by atoms with Crippen molar-refractivity contribution in [2.45, 2.75) is 18.9 Å². The van der Waals surface area contributed by atoms with Crippen LogP contribution < -0.4 is 10.2 Å². The summed E-state index contributed by atoms with van der Waals surface area (Å²) in [7, 11) is 2.04. The Morgan fingerprint density at radius 3 is 2.71 bits per heavy atom. The molecule has 1 aliphatic rings. The van der Waals surface area contributed by atoms with Crippen LogP contribution in [0.1, 0.15) is 12.8 Å². The smallest absolute Gasteiger partial charge is 0.128 e. The van der Waals surface area contributed by atoms with Crippen LogP contribution in [0.25, 0.3) is 0 Å². The lowest BCUT2D eigenvalue weighted by molar-refractivity contribution is 0.441. The Morgan fingerprint density at radius 2 is 2.14 bits per heavy atom. The first-order chi connectivity index (χ1) is 6.90. The summed E-state index contributed by atoms with van der Waals surface area (Å²) in [6.07, 6.45) is 4.29. The summed E-state index contributed by atoms with van der Waals surface area (Å²) in [4.78, 5) is 6.71. The van der Waals surface area contributed by atoms with Crippen LogP contribution in [0.2, 0.25) is 0 Å². The maximum Gasteiger partial charge on any atom is 0.128 e. The lowest BCUT2D eigenvalue weighted by Gasteiger charge is -2.32. The molecule has 3 nitrogen and oxygen atoms in total. The van der Waals surface area contributed by atoms with Gasteiger partial charge in [-0.1, -0.05) is 6.07 Å². The number of pyridine rings is 1.